The summed E-state index contributed by atoms with van der Waals surface area (Å²) in [5, 5.41) is 11.4. The molecule has 1 N–H and O–H groups in total. The molecule has 2 aromatic rings. The summed E-state index contributed by atoms with van der Waals surface area (Å²) >= 11 is 0. The van der Waals surface area contributed by atoms with E-state index in [0.717, 1.165) is 17.9 Å². The summed E-state index contributed by atoms with van der Waals surface area (Å²) in [6, 6.07) is 8.49. The third-order valence-corrected chi connectivity index (χ3v) is 3.19. The quantitative estimate of drug-likeness (QED) is 0.844. The number of rotatable bonds is 7. The Morgan fingerprint density at radius 3 is 2.90 bits per heavy atom. The Balaban J connectivity index is 2.04. The van der Waals surface area contributed by atoms with E-state index in [4.69, 9.17) is 9.15 Å². The number of anilines is 1. The van der Waals surface area contributed by atoms with Crippen molar-refractivity contribution in [1.82, 2.24) is 15.5 Å². The zero-order chi connectivity index (χ0) is 15.2. The van der Waals surface area contributed by atoms with Crippen molar-refractivity contribution in [3.63, 3.8) is 0 Å². The van der Waals surface area contributed by atoms with Gasteiger partial charge < -0.3 is 19.4 Å². The van der Waals surface area contributed by atoms with Crippen molar-refractivity contribution >= 4 is 6.01 Å². The molecule has 0 aliphatic rings. The first-order valence-corrected chi connectivity index (χ1v) is 7.05. The second kappa shape index (κ2) is 7.08. The van der Waals surface area contributed by atoms with Gasteiger partial charge in [0.15, 0.2) is 0 Å². The van der Waals surface area contributed by atoms with E-state index in [1.54, 1.807) is 7.11 Å². The number of methoxy groups -OCH3 is 1. The molecule has 2 rings (SSSR count). The van der Waals surface area contributed by atoms with Gasteiger partial charge in [-0.25, -0.2) is 0 Å². The lowest BCUT2D eigenvalue weighted by molar-refractivity contribution is 0.413. The molecule has 1 aromatic carbocycles. The Hall–Kier alpha value is -2.08. The zero-order valence-corrected chi connectivity index (χ0v) is 13.0. The van der Waals surface area contributed by atoms with Gasteiger partial charge in [0.05, 0.1) is 13.2 Å². The van der Waals surface area contributed by atoms with Crippen molar-refractivity contribution in [2.75, 3.05) is 25.6 Å². The van der Waals surface area contributed by atoms with Crippen molar-refractivity contribution in [3.05, 3.63) is 35.7 Å². The molecule has 1 atom stereocenters. The van der Waals surface area contributed by atoms with E-state index in [1.165, 1.54) is 0 Å². The first kappa shape index (κ1) is 15.3. The standard InChI is InChI=1S/C15H22N4O2/c1-5-16-11(2)14-17-18-15(21-14)19(3)10-12-7-6-8-13(9-12)20-4/h6-9,11,16H,5,10H2,1-4H3. The Morgan fingerprint density at radius 1 is 1.38 bits per heavy atom. The molecule has 1 heterocycles. The van der Waals surface area contributed by atoms with Crippen molar-refractivity contribution in [2.24, 2.45) is 0 Å². The lowest BCUT2D eigenvalue weighted by Gasteiger charge is -2.14. The molecular weight excluding hydrogens is 268 g/mol. The Kier molecular flexibility index (Phi) is 5.16. The summed E-state index contributed by atoms with van der Waals surface area (Å²) in [5.74, 6) is 1.44. The molecule has 0 saturated carbocycles. The molecule has 0 amide bonds. The van der Waals surface area contributed by atoms with Crippen LogP contribution in [-0.4, -0.2) is 30.9 Å². The molecular formula is C15H22N4O2. The minimum atomic E-state index is 0.0569. The highest BCUT2D eigenvalue weighted by Crippen LogP contribution is 2.19. The van der Waals surface area contributed by atoms with E-state index >= 15 is 0 Å². The molecule has 0 saturated heterocycles. The van der Waals surface area contributed by atoms with Crippen LogP contribution in [0.3, 0.4) is 0 Å². The van der Waals surface area contributed by atoms with E-state index in [9.17, 15) is 0 Å². The van der Waals surface area contributed by atoms with Crippen LogP contribution in [0.5, 0.6) is 5.75 Å². The molecule has 0 fully saturated rings. The number of nitrogens with zero attached hydrogens (tertiary/aromatic N) is 3. The molecule has 0 aliphatic heterocycles. The van der Waals surface area contributed by atoms with Crippen LogP contribution < -0.4 is 15.0 Å². The monoisotopic (exact) mass is 290 g/mol. The number of aromatic nitrogens is 2. The molecule has 21 heavy (non-hydrogen) atoms. The van der Waals surface area contributed by atoms with Gasteiger partial charge in [-0.15, -0.1) is 5.10 Å². The molecule has 0 radical (unpaired) electrons. The molecule has 0 aliphatic carbocycles. The highest BCUT2D eigenvalue weighted by atomic mass is 16.5. The van der Waals surface area contributed by atoms with Crippen LogP contribution in [0.15, 0.2) is 28.7 Å². The molecule has 6 nitrogen and oxygen atoms in total. The van der Waals surface area contributed by atoms with Crippen molar-refractivity contribution in [1.29, 1.82) is 0 Å². The van der Waals surface area contributed by atoms with Gasteiger partial charge in [-0.1, -0.05) is 24.2 Å². The van der Waals surface area contributed by atoms with Crippen LogP contribution in [0.2, 0.25) is 0 Å². The summed E-state index contributed by atoms with van der Waals surface area (Å²) < 4.78 is 10.9. The molecule has 114 valence electrons. The maximum atomic E-state index is 5.70. The van der Waals surface area contributed by atoms with E-state index in [0.29, 0.717) is 18.5 Å². The number of hydrogen-bond acceptors (Lipinski definition) is 6. The average molecular weight is 290 g/mol. The fourth-order valence-electron chi connectivity index (χ4n) is 2.06. The first-order valence-electron chi connectivity index (χ1n) is 7.05. The zero-order valence-electron chi connectivity index (χ0n) is 13.0. The van der Waals surface area contributed by atoms with E-state index < -0.39 is 0 Å². The van der Waals surface area contributed by atoms with Gasteiger partial charge in [-0.2, -0.15) is 0 Å². The van der Waals surface area contributed by atoms with Gasteiger partial charge >= 0.3 is 6.01 Å². The van der Waals surface area contributed by atoms with Gasteiger partial charge in [0.2, 0.25) is 5.89 Å². The van der Waals surface area contributed by atoms with Crippen molar-refractivity contribution < 1.29 is 9.15 Å². The van der Waals surface area contributed by atoms with Crippen LogP contribution in [0.25, 0.3) is 0 Å². The predicted molar refractivity (Wildman–Crippen MR) is 81.5 cm³/mol. The highest BCUT2D eigenvalue weighted by molar-refractivity contribution is 5.32. The maximum Gasteiger partial charge on any atom is 0.318 e. The van der Waals surface area contributed by atoms with E-state index in [-0.39, 0.29) is 6.04 Å². The maximum absolute atomic E-state index is 5.70. The minimum absolute atomic E-state index is 0.0569. The molecule has 1 unspecified atom stereocenters. The number of hydrogen-bond donors (Lipinski definition) is 1. The fourth-order valence-corrected chi connectivity index (χ4v) is 2.06. The Labute approximate surface area is 125 Å². The van der Waals surface area contributed by atoms with Gasteiger partial charge in [0.25, 0.3) is 0 Å². The Bertz CT molecular complexity index is 570. The van der Waals surface area contributed by atoms with Crippen LogP contribution in [0.4, 0.5) is 6.01 Å². The number of ether oxygens (including phenoxy) is 1. The SMILES string of the molecule is CCNC(C)c1nnc(N(C)Cc2cccc(OC)c2)o1. The van der Waals surface area contributed by atoms with Crippen molar-refractivity contribution in [2.45, 2.75) is 26.4 Å². The Morgan fingerprint density at radius 2 is 2.19 bits per heavy atom. The molecule has 6 heteroatoms. The van der Waals surface area contributed by atoms with Crippen molar-refractivity contribution in [3.8, 4) is 5.75 Å². The normalized spacial score (nSPS) is 12.2. The third kappa shape index (κ3) is 3.95. The minimum Gasteiger partial charge on any atom is -0.497 e. The summed E-state index contributed by atoms with van der Waals surface area (Å²) in [6.07, 6.45) is 0. The summed E-state index contributed by atoms with van der Waals surface area (Å²) in [7, 11) is 3.59. The van der Waals surface area contributed by atoms with E-state index in [2.05, 4.69) is 15.5 Å². The van der Waals surface area contributed by atoms with Gasteiger partial charge in [-0.05, 0) is 31.2 Å². The topological polar surface area (TPSA) is 63.4 Å². The van der Waals surface area contributed by atoms with Gasteiger partial charge in [0, 0.05) is 13.6 Å². The highest BCUT2D eigenvalue weighted by Gasteiger charge is 2.15. The largest absolute Gasteiger partial charge is 0.497 e. The van der Waals surface area contributed by atoms with Crippen LogP contribution in [0, 0.1) is 0 Å². The van der Waals surface area contributed by atoms with Crippen LogP contribution >= 0.6 is 0 Å². The lowest BCUT2D eigenvalue weighted by atomic mass is 10.2. The lowest BCUT2D eigenvalue weighted by Crippen LogP contribution is -2.18. The van der Waals surface area contributed by atoms with Crippen LogP contribution in [-0.2, 0) is 6.54 Å². The average Bonchev–Trinajstić information content (AvgIpc) is 2.98. The first-order chi connectivity index (χ1) is 10.1. The molecule has 1 aromatic heterocycles. The van der Waals surface area contributed by atoms with Crippen LogP contribution in [0.1, 0.15) is 31.3 Å². The second-order valence-corrected chi connectivity index (χ2v) is 4.91. The van der Waals surface area contributed by atoms with Gasteiger partial charge in [0.1, 0.15) is 5.75 Å². The summed E-state index contributed by atoms with van der Waals surface area (Å²) in [4.78, 5) is 1.92. The fraction of sp³-hybridized carbons (Fsp3) is 0.467. The smallest absolute Gasteiger partial charge is 0.318 e. The summed E-state index contributed by atoms with van der Waals surface area (Å²) in [6.45, 7) is 5.58. The van der Waals surface area contributed by atoms with Gasteiger partial charge in [-0.3, -0.25) is 0 Å². The molecule has 0 spiro atoms. The third-order valence-electron chi connectivity index (χ3n) is 3.19. The molecule has 0 bridgehead atoms. The van der Waals surface area contributed by atoms with E-state index in [1.807, 2.05) is 50.1 Å². The second-order valence-electron chi connectivity index (χ2n) is 4.91. The summed E-state index contributed by atoms with van der Waals surface area (Å²) in [5.41, 5.74) is 1.12. The number of nitrogens with one attached hydrogen (secondary N) is 1. The predicted octanol–water partition coefficient (Wildman–Crippen LogP) is 2.39. The number of benzene rings is 1.